The summed E-state index contributed by atoms with van der Waals surface area (Å²) in [4.78, 5) is 2.89. The van der Waals surface area contributed by atoms with E-state index in [-0.39, 0.29) is 0 Å². The standard InChI is InChI=1S/C13H29GeOSi2/c1-12(13-8-9-13)15-14(10-16(2,3)4)11-17(5,6)7/h13H,1,8-11H2,2-7H3. The second kappa shape index (κ2) is 5.66. The van der Waals surface area contributed by atoms with Gasteiger partial charge in [0, 0.05) is 0 Å². The molecular weight excluding hydrogens is 301 g/mol. The molecule has 0 unspecified atom stereocenters. The first-order valence-electron chi connectivity index (χ1n) is 6.78. The fourth-order valence-corrected chi connectivity index (χ4v) is 24.3. The van der Waals surface area contributed by atoms with Gasteiger partial charge in [0.05, 0.1) is 0 Å². The topological polar surface area (TPSA) is 9.23 Å². The zero-order valence-electron chi connectivity index (χ0n) is 12.5. The van der Waals surface area contributed by atoms with Crippen LogP contribution in [0.3, 0.4) is 0 Å². The molecule has 99 valence electrons. The third-order valence-electron chi connectivity index (χ3n) is 2.76. The fourth-order valence-electron chi connectivity index (χ4n) is 1.99. The summed E-state index contributed by atoms with van der Waals surface area (Å²) in [5.74, 6) is 1.87. The van der Waals surface area contributed by atoms with Gasteiger partial charge in [0.2, 0.25) is 0 Å². The number of allylic oxidation sites excluding steroid dienone is 1. The summed E-state index contributed by atoms with van der Waals surface area (Å²) in [7, 11) is -1.94. The van der Waals surface area contributed by atoms with E-state index in [2.05, 4.69) is 45.9 Å². The Labute approximate surface area is 114 Å². The van der Waals surface area contributed by atoms with Crippen molar-refractivity contribution in [1.82, 2.24) is 0 Å². The Hall–Kier alpha value is 0.517. The predicted octanol–water partition coefficient (Wildman–Crippen LogP) is 4.67. The van der Waals surface area contributed by atoms with Crippen molar-refractivity contribution in [2.75, 3.05) is 0 Å². The van der Waals surface area contributed by atoms with Crippen LogP contribution in [0.25, 0.3) is 0 Å². The van der Waals surface area contributed by atoms with E-state index in [0.717, 1.165) is 11.7 Å². The van der Waals surface area contributed by atoms with E-state index in [4.69, 9.17) is 3.76 Å². The molecule has 1 aliphatic rings. The monoisotopic (exact) mass is 331 g/mol. The van der Waals surface area contributed by atoms with Gasteiger partial charge in [0.25, 0.3) is 0 Å². The van der Waals surface area contributed by atoms with Crippen molar-refractivity contribution in [3.63, 3.8) is 0 Å². The molecule has 0 aromatic heterocycles. The predicted molar refractivity (Wildman–Crippen MR) is 85.0 cm³/mol. The summed E-state index contributed by atoms with van der Waals surface area (Å²) >= 11 is -1.33. The number of rotatable bonds is 7. The van der Waals surface area contributed by atoms with Gasteiger partial charge >= 0.3 is 115 Å². The van der Waals surface area contributed by atoms with Crippen molar-refractivity contribution >= 4 is 30.8 Å². The van der Waals surface area contributed by atoms with Gasteiger partial charge < -0.3 is 0 Å². The van der Waals surface area contributed by atoms with Crippen LogP contribution in [0.5, 0.6) is 0 Å². The second-order valence-corrected chi connectivity index (χ2v) is 25.9. The van der Waals surface area contributed by atoms with Crippen molar-refractivity contribution < 1.29 is 3.76 Å². The first kappa shape index (κ1) is 15.6. The van der Waals surface area contributed by atoms with Crippen molar-refractivity contribution in [1.29, 1.82) is 0 Å². The Balaban J connectivity index is 2.54. The molecule has 1 radical (unpaired) electrons. The Morgan fingerprint density at radius 2 is 1.47 bits per heavy atom. The summed E-state index contributed by atoms with van der Waals surface area (Å²) in [6.07, 6.45) is 2.65. The fraction of sp³-hybridized carbons (Fsp3) is 0.846. The van der Waals surface area contributed by atoms with Gasteiger partial charge in [-0.05, 0) is 0 Å². The SMILES string of the molecule is C=C([O][Ge]([CH2][Si](C)(C)C)[CH2][Si](C)(C)C)C1CC1. The van der Waals surface area contributed by atoms with Gasteiger partial charge in [0.1, 0.15) is 0 Å². The van der Waals surface area contributed by atoms with Crippen molar-refractivity contribution in [2.24, 2.45) is 5.92 Å². The van der Waals surface area contributed by atoms with Crippen LogP contribution < -0.4 is 0 Å². The van der Waals surface area contributed by atoms with Crippen LogP contribution in [0, 0.1) is 5.92 Å². The van der Waals surface area contributed by atoms with Crippen LogP contribution in [0.1, 0.15) is 12.8 Å². The summed E-state index contributed by atoms with van der Waals surface area (Å²) in [6.45, 7) is 19.0. The molecule has 1 nitrogen and oxygen atoms in total. The quantitative estimate of drug-likeness (QED) is 0.487. The van der Waals surface area contributed by atoms with E-state index >= 15 is 0 Å². The van der Waals surface area contributed by atoms with Crippen molar-refractivity contribution in [2.45, 2.75) is 61.9 Å². The molecule has 1 fully saturated rings. The van der Waals surface area contributed by atoms with E-state index in [0.29, 0.717) is 0 Å². The van der Waals surface area contributed by atoms with Crippen LogP contribution in [-0.4, -0.2) is 30.8 Å². The van der Waals surface area contributed by atoms with E-state index in [9.17, 15) is 0 Å². The van der Waals surface area contributed by atoms with Crippen LogP contribution in [0.15, 0.2) is 12.3 Å². The van der Waals surface area contributed by atoms with Gasteiger partial charge in [-0.15, -0.1) is 0 Å². The molecule has 4 heteroatoms. The molecule has 1 saturated carbocycles. The summed E-state index contributed by atoms with van der Waals surface area (Å²) in [5.41, 5.74) is 0. The molecule has 0 amide bonds. The Kier molecular flexibility index (Phi) is 5.18. The van der Waals surface area contributed by atoms with Gasteiger partial charge in [-0.2, -0.15) is 0 Å². The van der Waals surface area contributed by atoms with E-state index in [1.54, 1.807) is 0 Å². The molecule has 0 atom stereocenters. The molecule has 0 heterocycles. The molecule has 0 spiro atoms. The van der Waals surface area contributed by atoms with Crippen molar-refractivity contribution in [3.8, 4) is 0 Å². The number of hydrogen-bond donors (Lipinski definition) is 0. The molecule has 17 heavy (non-hydrogen) atoms. The Bertz CT molecular complexity index is 258. The van der Waals surface area contributed by atoms with E-state index in [1.807, 2.05) is 0 Å². The van der Waals surface area contributed by atoms with E-state index in [1.165, 1.54) is 22.6 Å². The van der Waals surface area contributed by atoms with Gasteiger partial charge in [-0.3, -0.25) is 0 Å². The average Bonchev–Trinajstić information content (AvgIpc) is 2.76. The maximum atomic E-state index is 6.37. The van der Waals surface area contributed by atoms with Crippen LogP contribution in [0.2, 0.25) is 49.0 Å². The van der Waals surface area contributed by atoms with Crippen molar-refractivity contribution in [3.05, 3.63) is 12.3 Å². The minimum atomic E-state index is -1.33. The molecular formula is C13H29GeOSi2. The Morgan fingerprint density at radius 1 is 1.06 bits per heavy atom. The van der Waals surface area contributed by atoms with Crippen LogP contribution in [0.4, 0.5) is 0 Å². The normalized spacial score (nSPS) is 17.4. The minimum absolute atomic E-state index is 0.723. The summed E-state index contributed by atoms with van der Waals surface area (Å²) in [5, 5.41) is 0. The second-order valence-electron chi connectivity index (χ2n) is 7.86. The average molecular weight is 330 g/mol. The molecule has 1 aliphatic carbocycles. The summed E-state index contributed by atoms with van der Waals surface area (Å²) in [6, 6.07) is 0. The molecule has 0 bridgehead atoms. The molecule has 0 saturated heterocycles. The van der Waals surface area contributed by atoms with Gasteiger partial charge in [0.15, 0.2) is 0 Å². The number of hydrogen-bond acceptors (Lipinski definition) is 1. The van der Waals surface area contributed by atoms with E-state index < -0.39 is 30.8 Å². The van der Waals surface area contributed by atoms with Crippen LogP contribution >= 0.6 is 0 Å². The first-order chi connectivity index (χ1) is 7.57. The third-order valence-corrected chi connectivity index (χ3v) is 25.1. The summed E-state index contributed by atoms with van der Waals surface area (Å²) < 4.78 is 6.37. The molecule has 0 aliphatic heterocycles. The molecule has 0 N–H and O–H groups in total. The first-order valence-corrected chi connectivity index (χ1v) is 18.0. The molecule has 0 aromatic rings. The zero-order valence-corrected chi connectivity index (χ0v) is 16.6. The van der Waals surface area contributed by atoms with Gasteiger partial charge in [-0.25, -0.2) is 0 Å². The van der Waals surface area contributed by atoms with Gasteiger partial charge in [-0.1, -0.05) is 0 Å². The molecule has 1 rings (SSSR count). The Morgan fingerprint density at radius 3 is 1.76 bits per heavy atom. The molecule has 0 aromatic carbocycles. The third kappa shape index (κ3) is 7.52. The zero-order chi connectivity index (χ0) is 13.3. The van der Waals surface area contributed by atoms with Crippen LogP contribution in [-0.2, 0) is 3.76 Å². The maximum absolute atomic E-state index is 6.37.